The summed E-state index contributed by atoms with van der Waals surface area (Å²) in [5.74, 6) is 0. The summed E-state index contributed by atoms with van der Waals surface area (Å²) < 4.78 is 4.95. The first-order valence-electron chi connectivity index (χ1n) is 6.02. The van der Waals surface area contributed by atoms with E-state index in [1.54, 1.807) is 12.1 Å². The van der Waals surface area contributed by atoms with E-state index in [9.17, 15) is 14.9 Å². The van der Waals surface area contributed by atoms with Crippen LogP contribution in [-0.4, -0.2) is 30.2 Å². The van der Waals surface area contributed by atoms with Gasteiger partial charge in [-0.2, -0.15) is 0 Å². The fraction of sp³-hybridized carbons (Fsp3) is 0.417. The van der Waals surface area contributed by atoms with E-state index in [1.807, 2.05) is 0 Å². The second kappa shape index (κ2) is 5.55. The summed E-state index contributed by atoms with van der Waals surface area (Å²) in [5.41, 5.74) is 5.99. The molecule has 1 fully saturated rings. The van der Waals surface area contributed by atoms with Gasteiger partial charge in [0.25, 0.3) is 5.69 Å². The Kier molecular flexibility index (Phi) is 3.84. The Labute approximate surface area is 110 Å². The normalized spacial score (nSPS) is 16.1. The first-order chi connectivity index (χ1) is 9.06. The number of benzene rings is 1. The van der Waals surface area contributed by atoms with Crippen molar-refractivity contribution >= 4 is 17.5 Å². The standard InChI is InChI=1S/C12H15N3O4/c13-12(16)19-11-5-7-14(8-6-11)9-1-3-10(4-2-9)15(17)18/h1-4,11H,5-8H2,(H2,13,16). The maximum atomic E-state index is 10.6. The minimum absolute atomic E-state index is 0.0793. The van der Waals surface area contributed by atoms with Crippen molar-refractivity contribution in [3.63, 3.8) is 0 Å². The SMILES string of the molecule is NC(=O)OC1CCN(c2ccc([N+](=O)[O-])cc2)CC1. The molecule has 102 valence electrons. The van der Waals surface area contributed by atoms with Gasteiger partial charge in [0.1, 0.15) is 6.10 Å². The van der Waals surface area contributed by atoms with Crippen LogP contribution in [-0.2, 0) is 4.74 Å². The third kappa shape index (κ3) is 3.34. The number of nitro benzene ring substituents is 1. The molecule has 1 heterocycles. The van der Waals surface area contributed by atoms with E-state index in [2.05, 4.69) is 4.90 Å². The zero-order valence-corrected chi connectivity index (χ0v) is 10.3. The summed E-state index contributed by atoms with van der Waals surface area (Å²) in [7, 11) is 0. The smallest absolute Gasteiger partial charge is 0.404 e. The van der Waals surface area contributed by atoms with E-state index in [1.165, 1.54) is 12.1 Å². The largest absolute Gasteiger partial charge is 0.446 e. The number of nitrogens with zero attached hydrogens (tertiary/aromatic N) is 2. The van der Waals surface area contributed by atoms with Crippen LogP contribution in [0, 0.1) is 10.1 Å². The fourth-order valence-corrected chi connectivity index (χ4v) is 2.18. The Morgan fingerprint density at radius 1 is 1.32 bits per heavy atom. The number of primary amides is 1. The molecule has 0 aromatic heterocycles. The van der Waals surface area contributed by atoms with Crippen LogP contribution in [0.4, 0.5) is 16.2 Å². The zero-order chi connectivity index (χ0) is 13.8. The number of nitrogens with two attached hydrogens (primary N) is 1. The molecule has 1 aromatic carbocycles. The van der Waals surface area contributed by atoms with Crippen LogP contribution < -0.4 is 10.6 Å². The van der Waals surface area contributed by atoms with Crippen LogP contribution in [0.15, 0.2) is 24.3 Å². The molecule has 1 aliphatic rings. The predicted octanol–water partition coefficient (Wildman–Crippen LogP) is 1.66. The Morgan fingerprint density at radius 2 is 1.89 bits per heavy atom. The van der Waals surface area contributed by atoms with Gasteiger partial charge in [0, 0.05) is 43.8 Å². The van der Waals surface area contributed by atoms with Gasteiger partial charge in [0.15, 0.2) is 0 Å². The Morgan fingerprint density at radius 3 is 2.37 bits per heavy atom. The average molecular weight is 265 g/mol. The summed E-state index contributed by atoms with van der Waals surface area (Å²) in [4.78, 5) is 22.9. The first-order valence-corrected chi connectivity index (χ1v) is 6.02. The Hall–Kier alpha value is -2.31. The van der Waals surface area contributed by atoms with Gasteiger partial charge in [0.05, 0.1) is 4.92 Å². The lowest BCUT2D eigenvalue weighted by Gasteiger charge is -2.32. The first kappa shape index (κ1) is 13.1. The second-order valence-electron chi connectivity index (χ2n) is 4.40. The number of hydrogen-bond acceptors (Lipinski definition) is 5. The minimum atomic E-state index is -0.742. The highest BCUT2D eigenvalue weighted by atomic mass is 16.6. The molecule has 2 rings (SSSR count). The number of carbonyl (C=O) groups is 1. The van der Waals surface area contributed by atoms with Gasteiger partial charge in [0.2, 0.25) is 0 Å². The van der Waals surface area contributed by atoms with Crippen molar-refractivity contribution in [1.82, 2.24) is 0 Å². The molecule has 7 nitrogen and oxygen atoms in total. The van der Waals surface area contributed by atoms with Crippen LogP contribution in [0.3, 0.4) is 0 Å². The van der Waals surface area contributed by atoms with Gasteiger partial charge < -0.3 is 15.4 Å². The lowest BCUT2D eigenvalue weighted by Crippen LogP contribution is -2.38. The summed E-state index contributed by atoms with van der Waals surface area (Å²) in [6.45, 7) is 1.46. The summed E-state index contributed by atoms with van der Waals surface area (Å²) in [6, 6.07) is 6.43. The molecular weight excluding hydrogens is 250 g/mol. The van der Waals surface area contributed by atoms with Gasteiger partial charge in [-0.15, -0.1) is 0 Å². The van der Waals surface area contributed by atoms with E-state index in [0.717, 1.165) is 18.8 Å². The predicted molar refractivity (Wildman–Crippen MR) is 69.0 cm³/mol. The molecular formula is C12H15N3O4. The molecule has 7 heteroatoms. The number of nitro groups is 1. The number of piperidine rings is 1. The third-order valence-corrected chi connectivity index (χ3v) is 3.15. The Bertz CT molecular complexity index is 466. The van der Waals surface area contributed by atoms with Gasteiger partial charge in [-0.05, 0) is 12.1 Å². The highest BCUT2D eigenvalue weighted by Gasteiger charge is 2.21. The molecule has 0 radical (unpaired) electrons. The topological polar surface area (TPSA) is 98.7 Å². The molecule has 2 N–H and O–H groups in total. The highest BCUT2D eigenvalue weighted by Crippen LogP contribution is 2.23. The molecule has 1 aromatic rings. The van der Waals surface area contributed by atoms with Crippen LogP contribution in [0.5, 0.6) is 0 Å². The van der Waals surface area contributed by atoms with Crippen molar-refractivity contribution in [1.29, 1.82) is 0 Å². The number of ether oxygens (including phenoxy) is 1. The molecule has 1 saturated heterocycles. The van der Waals surface area contributed by atoms with Crippen molar-refractivity contribution < 1.29 is 14.5 Å². The lowest BCUT2D eigenvalue weighted by molar-refractivity contribution is -0.384. The number of rotatable bonds is 3. The van der Waals surface area contributed by atoms with E-state index < -0.39 is 11.0 Å². The zero-order valence-electron chi connectivity index (χ0n) is 10.3. The summed E-state index contributed by atoms with van der Waals surface area (Å²) >= 11 is 0. The second-order valence-corrected chi connectivity index (χ2v) is 4.40. The van der Waals surface area contributed by atoms with Crippen LogP contribution >= 0.6 is 0 Å². The molecule has 1 aliphatic heterocycles. The quantitative estimate of drug-likeness (QED) is 0.661. The monoisotopic (exact) mass is 265 g/mol. The highest BCUT2D eigenvalue weighted by molar-refractivity contribution is 5.64. The summed E-state index contributed by atoms with van der Waals surface area (Å²) in [5, 5.41) is 10.6. The average Bonchev–Trinajstić information content (AvgIpc) is 2.39. The Balaban J connectivity index is 1.94. The summed E-state index contributed by atoms with van der Waals surface area (Å²) in [6.07, 6.45) is 0.542. The van der Waals surface area contributed by atoms with Crippen molar-refractivity contribution in [3.05, 3.63) is 34.4 Å². The van der Waals surface area contributed by atoms with E-state index in [-0.39, 0.29) is 11.8 Å². The molecule has 0 bridgehead atoms. The van der Waals surface area contributed by atoms with Gasteiger partial charge >= 0.3 is 6.09 Å². The number of non-ortho nitro benzene ring substituents is 1. The third-order valence-electron chi connectivity index (χ3n) is 3.15. The van der Waals surface area contributed by atoms with Gasteiger partial charge in [-0.3, -0.25) is 10.1 Å². The molecule has 0 saturated carbocycles. The molecule has 0 aliphatic carbocycles. The van der Waals surface area contributed by atoms with E-state index >= 15 is 0 Å². The molecule has 0 atom stereocenters. The molecule has 0 spiro atoms. The lowest BCUT2D eigenvalue weighted by atomic mass is 10.1. The molecule has 1 amide bonds. The van der Waals surface area contributed by atoms with Crippen LogP contribution in [0.25, 0.3) is 0 Å². The van der Waals surface area contributed by atoms with Crippen LogP contribution in [0.1, 0.15) is 12.8 Å². The molecule has 19 heavy (non-hydrogen) atoms. The van der Waals surface area contributed by atoms with Crippen molar-refractivity contribution in [2.24, 2.45) is 5.73 Å². The van der Waals surface area contributed by atoms with E-state index in [0.29, 0.717) is 12.8 Å². The van der Waals surface area contributed by atoms with E-state index in [4.69, 9.17) is 10.5 Å². The van der Waals surface area contributed by atoms with Crippen molar-refractivity contribution in [3.8, 4) is 0 Å². The number of amides is 1. The maximum absolute atomic E-state index is 10.6. The van der Waals surface area contributed by atoms with Gasteiger partial charge in [-0.25, -0.2) is 4.79 Å². The number of anilines is 1. The van der Waals surface area contributed by atoms with Crippen molar-refractivity contribution in [2.75, 3.05) is 18.0 Å². The number of carbonyl (C=O) groups excluding carboxylic acids is 1. The van der Waals surface area contributed by atoms with Gasteiger partial charge in [-0.1, -0.05) is 0 Å². The number of hydrogen-bond donors (Lipinski definition) is 1. The van der Waals surface area contributed by atoms with Crippen LogP contribution in [0.2, 0.25) is 0 Å². The minimum Gasteiger partial charge on any atom is -0.446 e. The van der Waals surface area contributed by atoms with Crippen molar-refractivity contribution in [2.45, 2.75) is 18.9 Å². The fourth-order valence-electron chi connectivity index (χ4n) is 2.18. The molecule has 0 unspecified atom stereocenters. The maximum Gasteiger partial charge on any atom is 0.404 e.